The van der Waals surface area contributed by atoms with Gasteiger partial charge in [-0.05, 0) is 31.0 Å². The molecule has 0 aliphatic carbocycles. The highest BCUT2D eigenvalue weighted by atomic mass is 35.5. The second kappa shape index (κ2) is 7.50. The normalized spacial score (nSPS) is 11.4. The average molecular weight is 300 g/mol. The van der Waals surface area contributed by atoms with Crippen molar-refractivity contribution in [1.82, 2.24) is 5.32 Å². The molecule has 1 amide bonds. The summed E-state index contributed by atoms with van der Waals surface area (Å²) in [5.41, 5.74) is -0.497. The number of amides is 1. The summed E-state index contributed by atoms with van der Waals surface area (Å²) in [6, 6.07) is 4.28. The van der Waals surface area contributed by atoms with Gasteiger partial charge in [-0.25, -0.2) is 0 Å². The van der Waals surface area contributed by atoms with Gasteiger partial charge in [0.1, 0.15) is 5.75 Å². The summed E-state index contributed by atoms with van der Waals surface area (Å²) >= 11 is 5.77. The molecule has 0 saturated heterocycles. The lowest BCUT2D eigenvalue weighted by Crippen LogP contribution is -2.42. The van der Waals surface area contributed by atoms with Crippen molar-refractivity contribution in [3.63, 3.8) is 0 Å². The van der Waals surface area contributed by atoms with E-state index in [4.69, 9.17) is 11.6 Å². The van der Waals surface area contributed by atoms with Crippen molar-refractivity contribution in [3.05, 3.63) is 28.8 Å². The molecule has 0 aliphatic heterocycles. The van der Waals surface area contributed by atoms with Crippen LogP contribution in [-0.2, 0) is 0 Å². The molecule has 0 aromatic heterocycles. The minimum Gasteiger partial charge on any atom is -0.506 e. The van der Waals surface area contributed by atoms with Crippen molar-refractivity contribution >= 4 is 17.5 Å². The molecule has 0 radical (unpaired) electrons. The van der Waals surface area contributed by atoms with E-state index in [1.165, 1.54) is 18.2 Å². The molecule has 0 aliphatic rings. The van der Waals surface area contributed by atoms with Gasteiger partial charge >= 0.3 is 0 Å². The van der Waals surface area contributed by atoms with E-state index >= 15 is 0 Å². The molecule has 5 heteroatoms. The SMILES string of the molecule is CCCC(O)(CCC)CNC(=O)c1ccc(O)c(Cl)c1. The Morgan fingerprint density at radius 1 is 1.30 bits per heavy atom. The predicted octanol–water partition coefficient (Wildman–Crippen LogP) is 3.11. The fraction of sp³-hybridized carbons (Fsp3) is 0.533. The highest BCUT2D eigenvalue weighted by molar-refractivity contribution is 6.32. The minimum absolute atomic E-state index is 0.0586. The molecule has 0 fully saturated rings. The van der Waals surface area contributed by atoms with E-state index in [9.17, 15) is 15.0 Å². The summed E-state index contributed by atoms with van der Waals surface area (Å²) in [7, 11) is 0. The summed E-state index contributed by atoms with van der Waals surface area (Å²) in [6.07, 6.45) is 3.02. The second-order valence-electron chi connectivity index (χ2n) is 5.07. The number of benzene rings is 1. The third kappa shape index (κ3) is 4.69. The van der Waals surface area contributed by atoms with Crippen LogP contribution in [0.3, 0.4) is 0 Å². The first-order valence-corrected chi connectivity index (χ1v) is 7.28. The van der Waals surface area contributed by atoms with Gasteiger partial charge in [0.05, 0.1) is 10.6 Å². The highest BCUT2D eigenvalue weighted by Crippen LogP contribution is 2.24. The molecule has 0 spiro atoms. The van der Waals surface area contributed by atoms with Crippen molar-refractivity contribution in [2.24, 2.45) is 0 Å². The van der Waals surface area contributed by atoms with Gasteiger partial charge in [0.15, 0.2) is 0 Å². The van der Waals surface area contributed by atoms with Gasteiger partial charge in [-0.3, -0.25) is 4.79 Å². The van der Waals surface area contributed by atoms with Crippen LogP contribution in [0.5, 0.6) is 5.75 Å². The van der Waals surface area contributed by atoms with E-state index < -0.39 is 5.60 Å². The van der Waals surface area contributed by atoms with Crippen LogP contribution in [0.1, 0.15) is 49.9 Å². The van der Waals surface area contributed by atoms with Gasteiger partial charge in [-0.15, -0.1) is 0 Å². The van der Waals surface area contributed by atoms with Crippen molar-refractivity contribution in [3.8, 4) is 5.75 Å². The maximum absolute atomic E-state index is 12.0. The molecule has 0 bridgehead atoms. The zero-order valence-corrected chi connectivity index (χ0v) is 12.7. The van der Waals surface area contributed by atoms with Crippen LogP contribution in [0, 0.1) is 0 Å². The van der Waals surface area contributed by atoms with Crippen molar-refractivity contribution in [2.75, 3.05) is 6.54 Å². The van der Waals surface area contributed by atoms with Crippen molar-refractivity contribution in [2.45, 2.75) is 45.1 Å². The van der Waals surface area contributed by atoms with E-state index in [2.05, 4.69) is 5.32 Å². The van der Waals surface area contributed by atoms with E-state index in [-0.39, 0.29) is 23.2 Å². The number of phenols is 1. The third-order valence-electron chi connectivity index (χ3n) is 3.22. The van der Waals surface area contributed by atoms with Crippen LogP contribution < -0.4 is 5.32 Å². The zero-order chi connectivity index (χ0) is 15.2. The lowest BCUT2D eigenvalue weighted by Gasteiger charge is -2.27. The summed E-state index contributed by atoms with van der Waals surface area (Å²) in [5.74, 6) is -0.366. The number of aromatic hydroxyl groups is 1. The number of halogens is 1. The van der Waals surface area contributed by atoms with E-state index in [0.717, 1.165) is 12.8 Å². The van der Waals surface area contributed by atoms with E-state index in [1.807, 2.05) is 13.8 Å². The Balaban J connectivity index is 2.67. The monoisotopic (exact) mass is 299 g/mol. The number of carbonyl (C=O) groups excluding carboxylic acids is 1. The first kappa shape index (κ1) is 16.8. The lowest BCUT2D eigenvalue weighted by molar-refractivity contribution is 0.0213. The number of hydrogen-bond acceptors (Lipinski definition) is 3. The average Bonchev–Trinajstić information content (AvgIpc) is 2.40. The molecular formula is C15H22ClNO3. The molecule has 0 heterocycles. The summed E-state index contributed by atoms with van der Waals surface area (Å²) in [6.45, 7) is 4.22. The topological polar surface area (TPSA) is 69.6 Å². The zero-order valence-electron chi connectivity index (χ0n) is 11.9. The Bertz CT molecular complexity index is 456. The van der Waals surface area contributed by atoms with Gasteiger partial charge in [0.25, 0.3) is 5.91 Å². The lowest BCUT2D eigenvalue weighted by atomic mass is 9.92. The molecule has 0 saturated carbocycles. The summed E-state index contributed by atoms with van der Waals surface area (Å²) < 4.78 is 0. The fourth-order valence-corrected chi connectivity index (χ4v) is 2.41. The van der Waals surface area contributed by atoms with Crippen molar-refractivity contribution in [1.29, 1.82) is 0 Å². The number of phenolic OH excluding ortho intramolecular Hbond substituents is 1. The molecular weight excluding hydrogens is 278 g/mol. The summed E-state index contributed by atoms with van der Waals surface area (Å²) in [4.78, 5) is 12.0. The Kier molecular flexibility index (Phi) is 6.30. The largest absolute Gasteiger partial charge is 0.506 e. The number of aliphatic hydroxyl groups is 1. The van der Waals surface area contributed by atoms with Crippen LogP contribution >= 0.6 is 11.6 Å². The second-order valence-corrected chi connectivity index (χ2v) is 5.48. The standard InChI is InChI=1S/C15H22ClNO3/c1-3-7-15(20,8-4-2)10-17-14(19)11-5-6-13(18)12(16)9-11/h5-6,9,18,20H,3-4,7-8,10H2,1-2H3,(H,17,19). The first-order chi connectivity index (χ1) is 9.41. The smallest absolute Gasteiger partial charge is 0.251 e. The van der Waals surface area contributed by atoms with Gasteiger partial charge < -0.3 is 15.5 Å². The number of hydrogen-bond donors (Lipinski definition) is 3. The van der Waals surface area contributed by atoms with Crippen LogP contribution in [0.4, 0.5) is 0 Å². The van der Waals surface area contributed by atoms with E-state index in [1.54, 1.807) is 0 Å². The molecule has 20 heavy (non-hydrogen) atoms. The highest BCUT2D eigenvalue weighted by Gasteiger charge is 2.25. The van der Waals surface area contributed by atoms with Gasteiger partial charge in [0, 0.05) is 12.1 Å². The number of rotatable bonds is 7. The Morgan fingerprint density at radius 3 is 2.40 bits per heavy atom. The maximum Gasteiger partial charge on any atom is 0.251 e. The van der Waals surface area contributed by atoms with Crippen LogP contribution in [0.2, 0.25) is 5.02 Å². The molecule has 0 atom stereocenters. The molecule has 1 rings (SSSR count). The molecule has 3 N–H and O–H groups in total. The molecule has 0 unspecified atom stereocenters. The molecule has 4 nitrogen and oxygen atoms in total. The minimum atomic E-state index is -0.861. The van der Waals surface area contributed by atoms with Crippen LogP contribution in [0.15, 0.2) is 18.2 Å². The van der Waals surface area contributed by atoms with Crippen molar-refractivity contribution < 1.29 is 15.0 Å². The number of carbonyl (C=O) groups is 1. The van der Waals surface area contributed by atoms with Gasteiger partial charge in [0.2, 0.25) is 0 Å². The molecule has 1 aromatic carbocycles. The number of nitrogens with one attached hydrogen (secondary N) is 1. The van der Waals surface area contributed by atoms with Crippen LogP contribution in [-0.4, -0.2) is 28.3 Å². The quantitative estimate of drug-likeness (QED) is 0.724. The van der Waals surface area contributed by atoms with Gasteiger partial charge in [-0.1, -0.05) is 38.3 Å². The fourth-order valence-electron chi connectivity index (χ4n) is 2.23. The summed E-state index contributed by atoms with van der Waals surface area (Å²) in [5, 5.41) is 22.6. The Hall–Kier alpha value is -1.26. The maximum atomic E-state index is 12.0. The third-order valence-corrected chi connectivity index (χ3v) is 3.52. The van der Waals surface area contributed by atoms with Gasteiger partial charge in [-0.2, -0.15) is 0 Å². The Labute approximate surface area is 124 Å². The molecule has 112 valence electrons. The van der Waals surface area contributed by atoms with Crippen LogP contribution in [0.25, 0.3) is 0 Å². The molecule has 1 aromatic rings. The Morgan fingerprint density at radius 2 is 1.90 bits per heavy atom. The van der Waals surface area contributed by atoms with E-state index in [0.29, 0.717) is 18.4 Å². The first-order valence-electron chi connectivity index (χ1n) is 6.91. The predicted molar refractivity (Wildman–Crippen MR) is 80.2 cm³/mol.